The third-order valence-electron chi connectivity index (χ3n) is 5.64. The molecule has 0 fully saturated rings. The largest absolute Gasteiger partial charge is 0.469 e. The summed E-state index contributed by atoms with van der Waals surface area (Å²) in [5, 5.41) is 0. The number of nitrogens with zero attached hydrogens (tertiary/aromatic N) is 4. The van der Waals surface area contributed by atoms with Crippen LogP contribution < -0.4 is 0 Å². The molecule has 0 radical (unpaired) electrons. The molecule has 2 aromatic carbocycles. The molecule has 0 amide bonds. The van der Waals surface area contributed by atoms with Crippen molar-refractivity contribution in [2.45, 2.75) is 30.8 Å². The van der Waals surface area contributed by atoms with Crippen molar-refractivity contribution >= 4 is 16.0 Å². The van der Waals surface area contributed by atoms with Crippen LogP contribution >= 0.6 is 0 Å². The molecule has 0 aliphatic rings. The van der Waals surface area contributed by atoms with E-state index in [-0.39, 0.29) is 30.4 Å². The van der Waals surface area contributed by atoms with Crippen molar-refractivity contribution in [3.63, 3.8) is 0 Å². The number of carbonyl (C=O) groups excluding carboxylic acids is 1. The molecule has 36 heavy (non-hydrogen) atoms. The van der Waals surface area contributed by atoms with Gasteiger partial charge < -0.3 is 4.74 Å². The van der Waals surface area contributed by atoms with Crippen LogP contribution in [-0.2, 0) is 39.1 Å². The molecule has 2 aromatic heterocycles. The molecule has 0 bridgehead atoms. The Hall–Kier alpha value is -3.95. The van der Waals surface area contributed by atoms with Gasteiger partial charge in [0.15, 0.2) is 0 Å². The van der Waals surface area contributed by atoms with Gasteiger partial charge in [0.1, 0.15) is 4.90 Å². The average molecular weight is 503 g/mol. The molecule has 8 nitrogen and oxygen atoms in total. The minimum atomic E-state index is -3.83. The number of ether oxygens (including phenoxy) is 1. The van der Waals surface area contributed by atoms with Gasteiger partial charge in [0, 0.05) is 49.9 Å². The number of aryl methyl sites for hydroxylation is 1. The van der Waals surface area contributed by atoms with Gasteiger partial charge >= 0.3 is 5.97 Å². The summed E-state index contributed by atoms with van der Waals surface area (Å²) < 4.78 is 33.3. The number of hydrogen-bond acceptors (Lipinski definition) is 7. The smallest absolute Gasteiger partial charge is 0.305 e. The van der Waals surface area contributed by atoms with Crippen LogP contribution in [0.1, 0.15) is 23.1 Å². The molecule has 184 valence electrons. The lowest BCUT2D eigenvalue weighted by Gasteiger charge is -2.23. The molecule has 0 saturated heterocycles. The Morgan fingerprint density at radius 1 is 0.861 bits per heavy atom. The van der Waals surface area contributed by atoms with Gasteiger partial charge in [-0.2, -0.15) is 4.31 Å². The van der Waals surface area contributed by atoms with E-state index in [0.717, 1.165) is 27.9 Å². The lowest BCUT2D eigenvalue weighted by Crippen LogP contribution is -2.30. The fraction of sp³-hybridized carbons (Fsp3) is 0.185. The normalized spacial score (nSPS) is 11.4. The fourth-order valence-corrected chi connectivity index (χ4v) is 5.12. The number of methoxy groups -OCH3 is 1. The topological polar surface area (TPSA) is 102 Å². The predicted octanol–water partition coefficient (Wildman–Crippen LogP) is 4.04. The molecule has 4 rings (SSSR count). The number of esters is 1. The first-order valence-electron chi connectivity index (χ1n) is 11.4. The van der Waals surface area contributed by atoms with E-state index in [1.54, 1.807) is 36.9 Å². The summed E-state index contributed by atoms with van der Waals surface area (Å²) in [4.78, 5) is 24.1. The Morgan fingerprint density at radius 2 is 1.61 bits per heavy atom. The summed E-state index contributed by atoms with van der Waals surface area (Å²) in [6, 6.07) is 18.3. The summed E-state index contributed by atoms with van der Waals surface area (Å²) in [5.74, 6) is -0.286. The molecule has 0 aliphatic carbocycles. The third kappa shape index (κ3) is 6.38. The molecule has 9 heteroatoms. The van der Waals surface area contributed by atoms with Crippen molar-refractivity contribution in [2.75, 3.05) is 7.11 Å². The third-order valence-corrected chi connectivity index (χ3v) is 7.42. The van der Waals surface area contributed by atoms with Crippen molar-refractivity contribution in [2.24, 2.45) is 0 Å². The lowest BCUT2D eigenvalue weighted by atomic mass is 10.1. The van der Waals surface area contributed by atoms with E-state index < -0.39 is 10.0 Å². The van der Waals surface area contributed by atoms with Crippen molar-refractivity contribution in [3.05, 3.63) is 108 Å². The number of sulfonamides is 1. The highest BCUT2D eigenvalue weighted by molar-refractivity contribution is 7.89. The van der Waals surface area contributed by atoms with Crippen LogP contribution in [0.25, 0.3) is 11.3 Å². The highest BCUT2D eigenvalue weighted by Crippen LogP contribution is 2.23. The van der Waals surface area contributed by atoms with Gasteiger partial charge in [0.2, 0.25) is 10.0 Å². The van der Waals surface area contributed by atoms with Gasteiger partial charge in [-0.3, -0.25) is 19.7 Å². The molecule has 0 aliphatic heterocycles. The number of pyridine rings is 1. The van der Waals surface area contributed by atoms with Crippen LogP contribution in [-0.4, -0.2) is 40.8 Å². The van der Waals surface area contributed by atoms with Gasteiger partial charge in [-0.25, -0.2) is 8.42 Å². The van der Waals surface area contributed by atoms with Crippen molar-refractivity contribution in [3.8, 4) is 11.3 Å². The molecule has 0 spiro atoms. The van der Waals surface area contributed by atoms with Gasteiger partial charge in [0.25, 0.3) is 0 Å². The quantitative estimate of drug-likeness (QED) is 0.302. The number of aromatic nitrogens is 3. The maximum Gasteiger partial charge on any atom is 0.305 e. The van der Waals surface area contributed by atoms with Crippen LogP contribution in [0.2, 0.25) is 0 Å². The summed E-state index contributed by atoms with van der Waals surface area (Å²) >= 11 is 0. The second-order valence-corrected chi connectivity index (χ2v) is 10.1. The van der Waals surface area contributed by atoms with Crippen molar-refractivity contribution in [1.82, 2.24) is 19.3 Å². The molecular formula is C27H26N4O4S. The van der Waals surface area contributed by atoms with Crippen molar-refractivity contribution < 1.29 is 17.9 Å². The predicted molar refractivity (Wildman–Crippen MR) is 135 cm³/mol. The second-order valence-electron chi connectivity index (χ2n) is 8.15. The molecule has 0 saturated carbocycles. The Balaban J connectivity index is 1.60. The van der Waals surface area contributed by atoms with Crippen molar-refractivity contribution in [1.29, 1.82) is 0 Å². The minimum Gasteiger partial charge on any atom is -0.469 e. The highest BCUT2D eigenvalue weighted by atomic mass is 32.2. The van der Waals surface area contributed by atoms with E-state index in [2.05, 4.69) is 15.0 Å². The summed E-state index contributed by atoms with van der Waals surface area (Å²) in [7, 11) is -2.47. The summed E-state index contributed by atoms with van der Waals surface area (Å²) in [6.45, 7) is 0.333. The molecule has 0 unspecified atom stereocenters. The fourth-order valence-electron chi connectivity index (χ4n) is 3.74. The Bertz CT molecular complexity index is 1400. The van der Waals surface area contributed by atoms with E-state index >= 15 is 0 Å². The van der Waals surface area contributed by atoms with Crippen LogP contribution in [0.15, 0.2) is 96.5 Å². The van der Waals surface area contributed by atoms with Gasteiger partial charge in [0.05, 0.1) is 19.0 Å². The van der Waals surface area contributed by atoms with Gasteiger partial charge in [-0.1, -0.05) is 48.5 Å². The summed E-state index contributed by atoms with van der Waals surface area (Å²) in [5.41, 5.74) is 4.22. The van der Waals surface area contributed by atoms with Gasteiger partial charge in [-0.15, -0.1) is 0 Å². The monoisotopic (exact) mass is 502 g/mol. The van der Waals surface area contributed by atoms with E-state index in [4.69, 9.17) is 4.74 Å². The highest BCUT2D eigenvalue weighted by Gasteiger charge is 2.25. The zero-order valence-electron chi connectivity index (χ0n) is 19.8. The molecule has 0 N–H and O–H groups in total. The number of hydrogen-bond donors (Lipinski definition) is 0. The van der Waals surface area contributed by atoms with Crippen LogP contribution in [0.4, 0.5) is 0 Å². The van der Waals surface area contributed by atoms with Crippen LogP contribution in [0.5, 0.6) is 0 Å². The number of benzene rings is 2. The second kappa shape index (κ2) is 11.7. The van der Waals surface area contributed by atoms with Crippen LogP contribution in [0.3, 0.4) is 0 Å². The molecule has 0 atom stereocenters. The van der Waals surface area contributed by atoms with E-state index in [9.17, 15) is 13.2 Å². The Morgan fingerprint density at radius 3 is 2.31 bits per heavy atom. The minimum absolute atomic E-state index is 0.128. The van der Waals surface area contributed by atoms with Crippen LogP contribution in [0, 0.1) is 0 Å². The zero-order valence-corrected chi connectivity index (χ0v) is 20.6. The first kappa shape index (κ1) is 25.2. The number of carbonyl (C=O) groups is 1. The maximum atomic E-state index is 13.6. The SMILES string of the molecule is COC(=O)CCc1cccc(CN(Cc2ccc(-c3cnccn3)cc2)S(=O)(=O)c2cccnc2)c1. The molecule has 2 heterocycles. The maximum absolute atomic E-state index is 13.6. The zero-order chi connectivity index (χ0) is 25.4. The molecule has 4 aromatic rings. The lowest BCUT2D eigenvalue weighted by molar-refractivity contribution is -0.140. The Labute approximate surface area is 210 Å². The standard InChI is InChI=1S/C27H26N4O4S/c1-35-27(32)12-9-21-4-2-5-23(16-21)20-31(36(33,34)25-6-3-13-28-17-25)19-22-7-10-24(11-8-22)26-18-29-14-15-30-26/h2-8,10-11,13-18H,9,12,19-20H2,1H3. The van der Waals surface area contributed by atoms with Gasteiger partial charge in [-0.05, 0) is 35.2 Å². The Kier molecular flexibility index (Phi) is 8.14. The first-order chi connectivity index (χ1) is 17.5. The first-order valence-corrected chi connectivity index (χ1v) is 12.8. The van der Waals surface area contributed by atoms with E-state index in [1.165, 1.54) is 17.6 Å². The molecular weight excluding hydrogens is 476 g/mol. The average Bonchev–Trinajstić information content (AvgIpc) is 2.93. The summed E-state index contributed by atoms with van der Waals surface area (Å²) in [6.07, 6.45) is 8.59. The number of rotatable bonds is 10. The van der Waals surface area contributed by atoms with E-state index in [1.807, 2.05) is 48.5 Å². The van der Waals surface area contributed by atoms with E-state index in [0.29, 0.717) is 6.42 Å².